The number of carbonyl (C=O) groups is 3. The monoisotopic (exact) mass is 430 g/mol. The topological polar surface area (TPSA) is 84.9 Å². The Morgan fingerprint density at radius 2 is 1.87 bits per heavy atom. The molecule has 2 heterocycles. The molecule has 1 aliphatic rings. The van der Waals surface area contributed by atoms with E-state index in [1.807, 2.05) is 26.8 Å². The third-order valence-electron chi connectivity index (χ3n) is 4.45. The highest BCUT2D eigenvalue weighted by Crippen LogP contribution is 2.38. The molecular weight excluding hydrogens is 404 g/mol. The van der Waals surface area contributed by atoms with Gasteiger partial charge in [-0.05, 0) is 51.8 Å². The molecule has 8 heteroatoms. The molecule has 3 rings (SSSR count). The summed E-state index contributed by atoms with van der Waals surface area (Å²) in [5.41, 5.74) is 1.11. The molecule has 1 aromatic heterocycles. The molecule has 2 aromatic rings. The Labute approximate surface area is 180 Å². The van der Waals surface area contributed by atoms with E-state index in [0.29, 0.717) is 35.6 Å². The molecule has 160 valence electrons. The van der Waals surface area contributed by atoms with Crippen molar-refractivity contribution in [1.82, 2.24) is 4.90 Å². The maximum atomic E-state index is 12.6. The smallest absolute Gasteiger partial charge is 0.410 e. The van der Waals surface area contributed by atoms with Crippen LogP contribution < -0.4 is 5.32 Å². The lowest BCUT2D eigenvalue weighted by atomic mass is 10.0. The Morgan fingerprint density at radius 3 is 2.50 bits per heavy atom. The largest absolute Gasteiger partial charge is 0.462 e. The Hall–Kier alpha value is -2.87. The lowest BCUT2D eigenvalue weighted by molar-refractivity contribution is 0.0226. The van der Waals surface area contributed by atoms with Crippen LogP contribution in [0.2, 0.25) is 0 Å². The summed E-state index contributed by atoms with van der Waals surface area (Å²) in [6, 6.07) is 8.79. The van der Waals surface area contributed by atoms with Crippen molar-refractivity contribution in [2.45, 2.75) is 46.3 Å². The molecule has 0 aliphatic carbocycles. The van der Waals surface area contributed by atoms with Gasteiger partial charge in [-0.1, -0.05) is 18.2 Å². The fourth-order valence-corrected chi connectivity index (χ4v) is 4.40. The predicted molar refractivity (Wildman–Crippen MR) is 115 cm³/mol. The van der Waals surface area contributed by atoms with E-state index < -0.39 is 17.7 Å². The molecule has 0 bridgehead atoms. The van der Waals surface area contributed by atoms with E-state index in [2.05, 4.69) is 5.32 Å². The molecule has 1 aliphatic heterocycles. The van der Waals surface area contributed by atoms with Crippen LogP contribution in [0.4, 0.5) is 9.80 Å². The average molecular weight is 431 g/mol. The number of ether oxygens (including phenoxy) is 2. The fourth-order valence-electron chi connectivity index (χ4n) is 3.16. The standard InChI is InChI=1S/C22H26N2O5S/c1-5-28-20(26)17-15-11-12-24(21(27)29-22(2,3)4)13-16(15)30-19(17)23-18(25)14-9-7-6-8-10-14/h6-10H,5,11-13H2,1-4H3,(H,23,25). The van der Waals surface area contributed by atoms with Gasteiger partial charge in [0.05, 0.1) is 18.7 Å². The molecule has 0 spiro atoms. The number of esters is 1. The number of nitrogens with one attached hydrogen (secondary N) is 1. The summed E-state index contributed by atoms with van der Waals surface area (Å²) < 4.78 is 10.7. The zero-order valence-electron chi connectivity index (χ0n) is 17.6. The minimum atomic E-state index is -0.586. The van der Waals surface area contributed by atoms with Crippen LogP contribution in [0.25, 0.3) is 0 Å². The molecule has 0 saturated carbocycles. The summed E-state index contributed by atoms with van der Waals surface area (Å²) in [6.07, 6.45) is 0.0922. The highest BCUT2D eigenvalue weighted by atomic mass is 32.1. The first kappa shape index (κ1) is 21.8. The third-order valence-corrected chi connectivity index (χ3v) is 5.58. The van der Waals surface area contributed by atoms with Crippen LogP contribution in [0, 0.1) is 0 Å². The van der Waals surface area contributed by atoms with E-state index in [0.717, 1.165) is 10.4 Å². The van der Waals surface area contributed by atoms with E-state index in [4.69, 9.17) is 9.47 Å². The third kappa shape index (κ3) is 4.99. The van der Waals surface area contributed by atoms with Crippen molar-refractivity contribution >= 4 is 34.3 Å². The van der Waals surface area contributed by atoms with Crippen LogP contribution in [0.1, 0.15) is 58.9 Å². The molecule has 0 saturated heterocycles. The van der Waals surface area contributed by atoms with E-state index in [-0.39, 0.29) is 12.5 Å². The average Bonchev–Trinajstić information content (AvgIpc) is 3.04. The van der Waals surface area contributed by atoms with Gasteiger partial charge in [-0.15, -0.1) is 11.3 Å². The summed E-state index contributed by atoms with van der Waals surface area (Å²) in [6.45, 7) is 8.19. The van der Waals surface area contributed by atoms with Crippen molar-refractivity contribution in [3.8, 4) is 0 Å². The van der Waals surface area contributed by atoms with Gasteiger partial charge in [0.1, 0.15) is 10.6 Å². The maximum absolute atomic E-state index is 12.6. The minimum absolute atomic E-state index is 0.236. The Kier molecular flexibility index (Phi) is 6.45. The first-order chi connectivity index (χ1) is 14.2. The number of carbonyl (C=O) groups excluding carboxylic acids is 3. The molecule has 0 unspecified atom stereocenters. The molecule has 1 aromatic carbocycles. The van der Waals surface area contributed by atoms with Gasteiger partial charge in [0, 0.05) is 17.0 Å². The van der Waals surface area contributed by atoms with Gasteiger partial charge in [0.25, 0.3) is 5.91 Å². The number of benzene rings is 1. The fraction of sp³-hybridized carbons (Fsp3) is 0.409. The first-order valence-corrected chi connectivity index (χ1v) is 10.7. The summed E-state index contributed by atoms with van der Waals surface area (Å²) >= 11 is 1.30. The number of fused-ring (bicyclic) bond motifs is 1. The zero-order valence-corrected chi connectivity index (χ0v) is 18.4. The second-order valence-electron chi connectivity index (χ2n) is 7.90. The highest BCUT2D eigenvalue weighted by molar-refractivity contribution is 7.17. The number of nitrogens with zero attached hydrogens (tertiary/aromatic N) is 1. The van der Waals surface area contributed by atoms with Gasteiger partial charge >= 0.3 is 12.1 Å². The van der Waals surface area contributed by atoms with E-state index in [1.165, 1.54) is 11.3 Å². The van der Waals surface area contributed by atoms with Crippen molar-refractivity contribution in [2.75, 3.05) is 18.5 Å². The minimum Gasteiger partial charge on any atom is -0.462 e. The van der Waals surface area contributed by atoms with Crippen LogP contribution in [-0.4, -0.2) is 41.6 Å². The van der Waals surface area contributed by atoms with Crippen molar-refractivity contribution in [1.29, 1.82) is 0 Å². The molecule has 1 N–H and O–H groups in total. The van der Waals surface area contributed by atoms with E-state index in [9.17, 15) is 14.4 Å². The van der Waals surface area contributed by atoms with Gasteiger partial charge < -0.3 is 19.7 Å². The number of hydrogen-bond acceptors (Lipinski definition) is 6. The number of thiophene rings is 1. The number of hydrogen-bond donors (Lipinski definition) is 1. The molecule has 7 nitrogen and oxygen atoms in total. The highest BCUT2D eigenvalue weighted by Gasteiger charge is 2.32. The first-order valence-electron chi connectivity index (χ1n) is 9.85. The van der Waals surface area contributed by atoms with Gasteiger partial charge in [-0.25, -0.2) is 9.59 Å². The molecular formula is C22H26N2O5S. The second-order valence-corrected chi connectivity index (χ2v) is 9.01. The molecule has 0 atom stereocenters. The van der Waals surface area contributed by atoms with Crippen molar-refractivity contribution < 1.29 is 23.9 Å². The predicted octanol–water partition coefficient (Wildman–Crippen LogP) is 4.47. The Bertz CT molecular complexity index is 946. The Balaban J connectivity index is 1.88. The van der Waals surface area contributed by atoms with Gasteiger partial charge in [-0.3, -0.25) is 4.79 Å². The summed E-state index contributed by atoms with van der Waals surface area (Å²) in [7, 11) is 0. The molecule has 0 fully saturated rings. The number of anilines is 1. The molecule has 0 radical (unpaired) electrons. The van der Waals surface area contributed by atoms with Crippen LogP contribution in [-0.2, 0) is 22.4 Å². The van der Waals surface area contributed by atoms with Gasteiger partial charge in [-0.2, -0.15) is 0 Å². The quantitative estimate of drug-likeness (QED) is 0.724. The van der Waals surface area contributed by atoms with Gasteiger partial charge in [0.15, 0.2) is 0 Å². The van der Waals surface area contributed by atoms with Crippen LogP contribution >= 0.6 is 11.3 Å². The van der Waals surface area contributed by atoms with Crippen LogP contribution in [0.5, 0.6) is 0 Å². The van der Waals surface area contributed by atoms with Crippen molar-refractivity contribution in [3.63, 3.8) is 0 Å². The number of rotatable bonds is 4. The van der Waals surface area contributed by atoms with Crippen LogP contribution in [0.3, 0.4) is 0 Å². The SMILES string of the molecule is CCOC(=O)c1c(NC(=O)c2ccccc2)sc2c1CCN(C(=O)OC(C)(C)C)C2. The number of amides is 2. The zero-order chi connectivity index (χ0) is 21.9. The summed E-state index contributed by atoms with van der Waals surface area (Å²) in [5, 5.41) is 3.29. The van der Waals surface area contributed by atoms with Crippen molar-refractivity contribution in [3.05, 3.63) is 51.9 Å². The summed E-state index contributed by atoms with van der Waals surface area (Å²) in [4.78, 5) is 40.2. The normalized spacial score (nSPS) is 13.4. The van der Waals surface area contributed by atoms with Crippen molar-refractivity contribution in [2.24, 2.45) is 0 Å². The van der Waals surface area contributed by atoms with Crippen LogP contribution in [0.15, 0.2) is 30.3 Å². The van der Waals surface area contributed by atoms with E-state index >= 15 is 0 Å². The molecule has 2 amide bonds. The lowest BCUT2D eigenvalue weighted by Crippen LogP contribution is -2.39. The Morgan fingerprint density at radius 1 is 1.17 bits per heavy atom. The second kappa shape index (κ2) is 8.87. The maximum Gasteiger partial charge on any atom is 0.410 e. The summed E-state index contributed by atoms with van der Waals surface area (Å²) in [5.74, 6) is -0.771. The lowest BCUT2D eigenvalue weighted by Gasteiger charge is -2.30. The van der Waals surface area contributed by atoms with Gasteiger partial charge in [0.2, 0.25) is 0 Å². The molecule has 30 heavy (non-hydrogen) atoms. The van der Waals surface area contributed by atoms with E-state index in [1.54, 1.807) is 36.1 Å².